The molecule has 0 amide bonds. The minimum Gasteiger partial charge on any atom is -0.393 e. The molecular weight excluding hydrogens is 296 g/mol. The van der Waals surface area contributed by atoms with Crippen LogP contribution in [0.1, 0.15) is 18.9 Å². The topological polar surface area (TPSA) is 101 Å². The number of sulfonamides is 1. The average Bonchev–Trinajstić information content (AvgIpc) is 2.41. The van der Waals surface area contributed by atoms with Crippen molar-refractivity contribution in [2.24, 2.45) is 5.92 Å². The number of hydrogen-bond donors (Lipinski definition) is 1. The Morgan fingerprint density at radius 2 is 2.10 bits per heavy atom. The van der Waals surface area contributed by atoms with Gasteiger partial charge in [-0.15, -0.1) is 0 Å². The number of hydrogen-bond acceptors (Lipinski definition) is 5. The molecule has 1 aliphatic rings. The molecule has 0 aliphatic carbocycles. The lowest BCUT2D eigenvalue weighted by molar-refractivity contribution is -0.385. The van der Waals surface area contributed by atoms with E-state index in [0.717, 1.165) is 0 Å². The van der Waals surface area contributed by atoms with E-state index >= 15 is 0 Å². The van der Waals surface area contributed by atoms with Crippen molar-refractivity contribution in [3.05, 3.63) is 39.9 Å². The zero-order valence-electron chi connectivity index (χ0n) is 11.7. The van der Waals surface area contributed by atoms with Crippen LogP contribution in [0.4, 0.5) is 5.69 Å². The number of aliphatic hydroxyl groups excluding tert-OH is 1. The van der Waals surface area contributed by atoms with E-state index in [4.69, 9.17) is 0 Å². The SMILES string of the molecule is CC1CN(S(=O)(=O)Cc2ccccc2[N+](=O)[O-])CCC1O. The lowest BCUT2D eigenvalue weighted by Crippen LogP contribution is -2.45. The maximum atomic E-state index is 12.4. The third kappa shape index (κ3) is 3.58. The molecule has 2 atom stereocenters. The summed E-state index contributed by atoms with van der Waals surface area (Å²) in [6.45, 7) is 2.27. The van der Waals surface area contributed by atoms with Gasteiger partial charge in [0.25, 0.3) is 5.69 Å². The van der Waals surface area contributed by atoms with E-state index in [1.165, 1.54) is 22.5 Å². The number of para-hydroxylation sites is 1. The molecule has 7 nitrogen and oxygen atoms in total. The van der Waals surface area contributed by atoms with Gasteiger partial charge in [0, 0.05) is 24.7 Å². The van der Waals surface area contributed by atoms with Crippen molar-refractivity contribution in [2.45, 2.75) is 25.2 Å². The summed E-state index contributed by atoms with van der Waals surface area (Å²) in [7, 11) is -3.63. The molecule has 1 N–H and O–H groups in total. The van der Waals surface area contributed by atoms with Crippen molar-refractivity contribution in [1.29, 1.82) is 0 Å². The Balaban J connectivity index is 2.20. The zero-order chi connectivity index (χ0) is 15.6. The fraction of sp³-hybridized carbons (Fsp3) is 0.538. The molecule has 0 aromatic heterocycles. The van der Waals surface area contributed by atoms with Gasteiger partial charge in [-0.25, -0.2) is 12.7 Å². The van der Waals surface area contributed by atoms with Gasteiger partial charge in [-0.3, -0.25) is 10.1 Å². The molecule has 0 radical (unpaired) electrons. The lowest BCUT2D eigenvalue weighted by atomic mass is 9.99. The highest BCUT2D eigenvalue weighted by Gasteiger charge is 2.32. The Labute approximate surface area is 123 Å². The van der Waals surface area contributed by atoms with E-state index in [9.17, 15) is 23.6 Å². The molecule has 1 fully saturated rings. The molecule has 2 rings (SSSR count). The first-order chi connectivity index (χ1) is 9.81. The van der Waals surface area contributed by atoms with Crippen LogP contribution in [-0.2, 0) is 15.8 Å². The average molecular weight is 314 g/mol. The first-order valence-electron chi connectivity index (χ1n) is 6.69. The van der Waals surface area contributed by atoms with Crippen molar-refractivity contribution in [1.82, 2.24) is 4.31 Å². The van der Waals surface area contributed by atoms with Gasteiger partial charge < -0.3 is 5.11 Å². The highest BCUT2D eigenvalue weighted by atomic mass is 32.2. The zero-order valence-corrected chi connectivity index (χ0v) is 12.5. The van der Waals surface area contributed by atoms with Crippen LogP contribution in [0.5, 0.6) is 0 Å². The molecule has 21 heavy (non-hydrogen) atoms. The smallest absolute Gasteiger partial charge is 0.273 e. The van der Waals surface area contributed by atoms with Crippen LogP contribution in [0.2, 0.25) is 0 Å². The summed E-state index contributed by atoms with van der Waals surface area (Å²) in [6, 6.07) is 5.85. The first-order valence-corrected chi connectivity index (χ1v) is 8.30. The van der Waals surface area contributed by atoms with Crippen molar-refractivity contribution in [2.75, 3.05) is 13.1 Å². The number of aliphatic hydroxyl groups is 1. The summed E-state index contributed by atoms with van der Waals surface area (Å²) < 4.78 is 26.1. The number of rotatable bonds is 4. The molecule has 1 saturated heterocycles. The summed E-state index contributed by atoms with van der Waals surface area (Å²) in [5, 5.41) is 20.6. The molecule has 0 spiro atoms. The second kappa shape index (κ2) is 6.08. The monoisotopic (exact) mass is 314 g/mol. The maximum absolute atomic E-state index is 12.4. The van der Waals surface area contributed by atoms with Crippen molar-refractivity contribution < 1.29 is 18.4 Å². The van der Waals surface area contributed by atoms with E-state index in [1.54, 1.807) is 13.0 Å². The third-order valence-electron chi connectivity index (χ3n) is 3.74. The van der Waals surface area contributed by atoms with Crippen LogP contribution in [0, 0.1) is 16.0 Å². The van der Waals surface area contributed by atoms with Crippen LogP contribution >= 0.6 is 0 Å². The predicted octanol–water partition coefficient (Wildman–Crippen LogP) is 1.13. The molecular formula is C13H18N2O5S. The minimum absolute atomic E-state index is 0.140. The largest absolute Gasteiger partial charge is 0.393 e. The minimum atomic E-state index is -3.63. The summed E-state index contributed by atoms with van der Waals surface area (Å²) in [5.41, 5.74) is -0.00700. The molecule has 0 bridgehead atoms. The molecule has 1 aromatic carbocycles. The number of nitro benzene ring substituents is 1. The predicted molar refractivity (Wildman–Crippen MR) is 77.1 cm³/mol. The van der Waals surface area contributed by atoms with Crippen LogP contribution in [0.3, 0.4) is 0 Å². The van der Waals surface area contributed by atoms with Gasteiger partial charge in [-0.05, 0) is 12.3 Å². The normalized spacial score (nSPS) is 23.9. The van der Waals surface area contributed by atoms with Crippen molar-refractivity contribution in [3.8, 4) is 0 Å². The summed E-state index contributed by atoms with van der Waals surface area (Å²) in [5.74, 6) is -0.535. The van der Waals surface area contributed by atoms with E-state index in [2.05, 4.69) is 0 Å². The number of nitrogens with zero attached hydrogens (tertiary/aromatic N) is 2. The van der Waals surface area contributed by atoms with E-state index in [-0.39, 0.29) is 30.3 Å². The van der Waals surface area contributed by atoms with Crippen molar-refractivity contribution in [3.63, 3.8) is 0 Å². The van der Waals surface area contributed by atoms with Crippen LogP contribution in [0.25, 0.3) is 0 Å². The van der Waals surface area contributed by atoms with Gasteiger partial charge in [-0.1, -0.05) is 25.1 Å². The van der Waals surface area contributed by atoms with Crippen LogP contribution < -0.4 is 0 Å². The Morgan fingerprint density at radius 1 is 1.43 bits per heavy atom. The molecule has 116 valence electrons. The molecule has 8 heteroatoms. The second-order valence-corrected chi connectivity index (χ2v) is 7.30. The molecule has 0 saturated carbocycles. The molecule has 1 aliphatic heterocycles. The summed E-state index contributed by atoms with van der Waals surface area (Å²) >= 11 is 0. The first kappa shape index (κ1) is 15.9. The summed E-state index contributed by atoms with van der Waals surface area (Å²) in [4.78, 5) is 10.4. The van der Waals surface area contributed by atoms with Crippen molar-refractivity contribution >= 4 is 15.7 Å². The quantitative estimate of drug-likeness (QED) is 0.663. The Bertz CT molecular complexity index is 631. The number of benzene rings is 1. The van der Waals surface area contributed by atoms with E-state index < -0.39 is 26.8 Å². The number of piperidine rings is 1. The lowest BCUT2D eigenvalue weighted by Gasteiger charge is -2.33. The number of nitro groups is 1. The summed E-state index contributed by atoms with van der Waals surface area (Å²) in [6.07, 6.45) is -0.111. The fourth-order valence-corrected chi connectivity index (χ4v) is 4.11. The van der Waals surface area contributed by atoms with Crippen LogP contribution in [-0.4, -0.2) is 41.9 Å². The van der Waals surface area contributed by atoms with E-state index in [1.807, 2.05) is 0 Å². The van der Waals surface area contributed by atoms with Gasteiger partial charge in [-0.2, -0.15) is 0 Å². The Morgan fingerprint density at radius 3 is 2.71 bits per heavy atom. The van der Waals surface area contributed by atoms with Gasteiger partial charge in [0.2, 0.25) is 10.0 Å². The van der Waals surface area contributed by atoms with Gasteiger partial charge in [0.15, 0.2) is 0 Å². The van der Waals surface area contributed by atoms with E-state index in [0.29, 0.717) is 6.42 Å². The van der Waals surface area contributed by atoms with Gasteiger partial charge in [0.05, 0.1) is 16.8 Å². The standard InChI is InChI=1S/C13H18N2O5S/c1-10-8-14(7-6-13(10)16)21(19,20)9-11-4-2-3-5-12(11)15(17)18/h2-5,10,13,16H,6-9H2,1H3. The fourth-order valence-electron chi connectivity index (χ4n) is 2.45. The second-order valence-electron chi connectivity index (χ2n) is 5.33. The van der Waals surface area contributed by atoms with Crippen LogP contribution in [0.15, 0.2) is 24.3 Å². The van der Waals surface area contributed by atoms with Gasteiger partial charge >= 0.3 is 0 Å². The van der Waals surface area contributed by atoms with Gasteiger partial charge in [0.1, 0.15) is 0 Å². The molecule has 1 heterocycles. The molecule has 2 unspecified atom stereocenters. The highest BCUT2D eigenvalue weighted by Crippen LogP contribution is 2.25. The Kier molecular flexibility index (Phi) is 4.60. The third-order valence-corrected chi connectivity index (χ3v) is 5.54. The highest BCUT2D eigenvalue weighted by molar-refractivity contribution is 7.88. The Hall–Kier alpha value is -1.51. The maximum Gasteiger partial charge on any atom is 0.273 e. The molecule has 1 aromatic rings.